The topological polar surface area (TPSA) is 44.1 Å². The lowest BCUT2D eigenvalue weighted by Crippen LogP contribution is -2.27. The quantitative estimate of drug-likeness (QED) is 0.674. The number of aromatic nitrogens is 2. The van der Waals surface area contributed by atoms with Crippen LogP contribution in [0.3, 0.4) is 0 Å². The summed E-state index contributed by atoms with van der Waals surface area (Å²) >= 11 is 2.13. The maximum absolute atomic E-state index is 12.0. The molecule has 0 unspecified atom stereocenters. The van der Waals surface area contributed by atoms with E-state index in [9.17, 15) is 4.79 Å². The number of fused-ring (bicyclic) bond motifs is 1. The van der Waals surface area contributed by atoms with E-state index in [1.807, 2.05) is 45.9 Å². The van der Waals surface area contributed by atoms with Crippen LogP contribution in [0, 0.1) is 10.6 Å². The van der Waals surface area contributed by atoms with Crippen molar-refractivity contribution in [3.63, 3.8) is 0 Å². The van der Waals surface area contributed by atoms with Crippen LogP contribution < -0.4 is 0 Å². The van der Waals surface area contributed by atoms with Crippen molar-refractivity contribution in [3.8, 4) is 0 Å². The molecule has 0 aliphatic rings. The molecule has 0 N–H and O–H groups in total. The summed E-state index contributed by atoms with van der Waals surface area (Å²) in [6.07, 6.45) is -0.445. The van der Waals surface area contributed by atoms with Crippen LogP contribution in [0.15, 0.2) is 18.2 Å². The Bertz CT molecular complexity index is 611. The lowest BCUT2D eigenvalue weighted by Gasteiger charge is -2.19. The van der Waals surface area contributed by atoms with Gasteiger partial charge in [-0.3, -0.25) is 0 Å². The summed E-state index contributed by atoms with van der Waals surface area (Å²) in [6, 6.07) is 5.87. The number of hydrogen-bond donors (Lipinski definition) is 0. The molecule has 0 saturated heterocycles. The Morgan fingerprint density at radius 1 is 1.39 bits per heavy atom. The third-order valence-electron chi connectivity index (χ3n) is 2.36. The van der Waals surface area contributed by atoms with Crippen LogP contribution in [-0.2, 0) is 4.74 Å². The predicted molar refractivity (Wildman–Crippen MR) is 78.8 cm³/mol. The van der Waals surface area contributed by atoms with Crippen LogP contribution in [0.4, 0.5) is 4.79 Å². The Balaban J connectivity index is 2.49. The van der Waals surface area contributed by atoms with Gasteiger partial charge < -0.3 is 4.74 Å². The van der Waals surface area contributed by atoms with Crippen molar-refractivity contribution in [2.75, 3.05) is 0 Å². The maximum atomic E-state index is 12.0. The van der Waals surface area contributed by atoms with E-state index in [1.165, 1.54) is 4.68 Å². The minimum absolute atomic E-state index is 0.445. The second-order valence-corrected chi connectivity index (χ2v) is 6.23. The first-order chi connectivity index (χ1) is 8.28. The largest absolute Gasteiger partial charge is 0.442 e. The van der Waals surface area contributed by atoms with E-state index in [-0.39, 0.29) is 0 Å². The molecule has 96 valence electrons. The molecular weight excluding hydrogens is 343 g/mol. The molecule has 5 heteroatoms. The second kappa shape index (κ2) is 4.53. The molecule has 0 radical (unpaired) electrons. The van der Waals surface area contributed by atoms with Gasteiger partial charge in [0.05, 0.1) is 5.52 Å². The highest BCUT2D eigenvalue weighted by Gasteiger charge is 2.21. The van der Waals surface area contributed by atoms with E-state index >= 15 is 0 Å². The number of halogens is 1. The Kier molecular flexibility index (Phi) is 3.35. The van der Waals surface area contributed by atoms with Crippen LogP contribution >= 0.6 is 22.6 Å². The monoisotopic (exact) mass is 358 g/mol. The zero-order valence-corrected chi connectivity index (χ0v) is 13.0. The second-order valence-electron chi connectivity index (χ2n) is 5.20. The normalized spacial score (nSPS) is 11.8. The highest BCUT2D eigenvalue weighted by atomic mass is 127. The van der Waals surface area contributed by atoms with Crippen molar-refractivity contribution in [1.29, 1.82) is 0 Å². The molecule has 0 aliphatic heterocycles. The standard InChI is InChI=1S/C13H15IN2O2/c1-8-5-6-10-9(7-8)11(14)15-16(10)12(17)18-13(2,3)4/h5-7H,1-4H3. The molecule has 2 aromatic rings. The van der Waals surface area contributed by atoms with Gasteiger partial charge in [0, 0.05) is 5.39 Å². The summed E-state index contributed by atoms with van der Waals surface area (Å²) in [5, 5.41) is 5.22. The highest BCUT2D eigenvalue weighted by Crippen LogP contribution is 2.22. The fraction of sp³-hybridized carbons (Fsp3) is 0.385. The lowest BCUT2D eigenvalue weighted by atomic mass is 10.2. The summed E-state index contributed by atoms with van der Waals surface area (Å²) in [6.45, 7) is 7.53. The fourth-order valence-electron chi connectivity index (χ4n) is 1.64. The average Bonchev–Trinajstić information content (AvgIpc) is 2.54. The summed E-state index contributed by atoms with van der Waals surface area (Å²) in [5.74, 6) is 0. The first-order valence-electron chi connectivity index (χ1n) is 5.66. The summed E-state index contributed by atoms with van der Waals surface area (Å²) in [5.41, 5.74) is 1.40. The van der Waals surface area contributed by atoms with E-state index in [0.717, 1.165) is 20.2 Å². The molecule has 0 amide bonds. The summed E-state index contributed by atoms with van der Waals surface area (Å²) in [4.78, 5) is 12.0. The average molecular weight is 358 g/mol. The Labute approximate surface area is 119 Å². The van der Waals surface area contributed by atoms with Gasteiger partial charge in [-0.05, 0) is 62.4 Å². The molecule has 0 spiro atoms. The SMILES string of the molecule is Cc1ccc2c(c1)c(I)nn2C(=O)OC(C)(C)C. The van der Waals surface area contributed by atoms with Gasteiger partial charge in [-0.25, -0.2) is 4.79 Å². The van der Waals surface area contributed by atoms with E-state index in [1.54, 1.807) is 0 Å². The number of nitrogens with zero attached hydrogens (tertiary/aromatic N) is 2. The van der Waals surface area contributed by atoms with E-state index in [4.69, 9.17) is 4.74 Å². The van der Waals surface area contributed by atoms with E-state index < -0.39 is 11.7 Å². The number of benzene rings is 1. The molecule has 1 aromatic carbocycles. The van der Waals surface area contributed by atoms with Crippen LogP contribution in [0.5, 0.6) is 0 Å². The third kappa shape index (κ3) is 2.66. The van der Waals surface area contributed by atoms with Crippen molar-refractivity contribution in [2.24, 2.45) is 0 Å². The first kappa shape index (κ1) is 13.3. The van der Waals surface area contributed by atoms with Crippen molar-refractivity contribution in [2.45, 2.75) is 33.3 Å². The molecule has 0 atom stereocenters. The molecule has 0 fully saturated rings. The number of carbonyl (C=O) groups is 1. The van der Waals surface area contributed by atoms with Crippen LogP contribution in [0.1, 0.15) is 26.3 Å². The number of carbonyl (C=O) groups excluding carboxylic acids is 1. The Morgan fingerprint density at radius 2 is 2.06 bits per heavy atom. The zero-order valence-electron chi connectivity index (χ0n) is 10.8. The van der Waals surface area contributed by atoms with Crippen LogP contribution in [-0.4, -0.2) is 21.5 Å². The van der Waals surface area contributed by atoms with Gasteiger partial charge in [0.15, 0.2) is 0 Å². The van der Waals surface area contributed by atoms with Gasteiger partial charge in [-0.1, -0.05) is 11.6 Å². The molecular formula is C13H15IN2O2. The van der Waals surface area contributed by atoms with E-state index in [0.29, 0.717) is 0 Å². The minimum atomic E-state index is -0.522. The first-order valence-corrected chi connectivity index (χ1v) is 6.74. The van der Waals surface area contributed by atoms with Gasteiger partial charge in [-0.2, -0.15) is 9.78 Å². The number of aryl methyl sites for hydroxylation is 1. The van der Waals surface area contributed by atoms with Gasteiger partial charge in [0.2, 0.25) is 0 Å². The molecule has 2 rings (SSSR count). The fourth-order valence-corrected chi connectivity index (χ4v) is 2.29. The lowest BCUT2D eigenvalue weighted by molar-refractivity contribution is 0.0522. The molecule has 0 bridgehead atoms. The molecule has 0 aliphatic carbocycles. The van der Waals surface area contributed by atoms with Crippen molar-refractivity contribution in [3.05, 3.63) is 27.5 Å². The smallest absolute Gasteiger partial charge is 0.435 e. The highest BCUT2D eigenvalue weighted by molar-refractivity contribution is 14.1. The minimum Gasteiger partial charge on any atom is -0.442 e. The zero-order chi connectivity index (χ0) is 13.5. The van der Waals surface area contributed by atoms with Crippen LogP contribution in [0.25, 0.3) is 10.9 Å². The predicted octanol–water partition coefficient (Wildman–Crippen LogP) is 3.73. The van der Waals surface area contributed by atoms with Crippen molar-refractivity contribution in [1.82, 2.24) is 9.78 Å². The Hall–Kier alpha value is -1.11. The van der Waals surface area contributed by atoms with Crippen LogP contribution in [0.2, 0.25) is 0 Å². The van der Waals surface area contributed by atoms with Gasteiger partial charge >= 0.3 is 6.09 Å². The van der Waals surface area contributed by atoms with Crippen molar-refractivity contribution >= 4 is 39.6 Å². The molecule has 18 heavy (non-hydrogen) atoms. The maximum Gasteiger partial charge on any atom is 0.435 e. The summed E-state index contributed by atoms with van der Waals surface area (Å²) in [7, 11) is 0. The number of rotatable bonds is 0. The Morgan fingerprint density at radius 3 is 2.67 bits per heavy atom. The van der Waals surface area contributed by atoms with Gasteiger partial charge in [0.1, 0.15) is 9.30 Å². The third-order valence-corrected chi connectivity index (χ3v) is 3.15. The van der Waals surface area contributed by atoms with E-state index in [2.05, 4.69) is 27.7 Å². The van der Waals surface area contributed by atoms with Crippen molar-refractivity contribution < 1.29 is 9.53 Å². The number of ether oxygens (including phenoxy) is 1. The number of hydrogen-bond acceptors (Lipinski definition) is 3. The van der Waals surface area contributed by atoms with Gasteiger partial charge in [-0.15, -0.1) is 0 Å². The molecule has 1 aromatic heterocycles. The molecule has 4 nitrogen and oxygen atoms in total. The molecule has 0 saturated carbocycles. The summed E-state index contributed by atoms with van der Waals surface area (Å²) < 4.78 is 7.46. The van der Waals surface area contributed by atoms with Gasteiger partial charge in [0.25, 0.3) is 0 Å². The molecule has 1 heterocycles.